The van der Waals surface area contributed by atoms with Crippen molar-refractivity contribution in [1.29, 1.82) is 0 Å². The van der Waals surface area contributed by atoms with Gasteiger partial charge in [0, 0.05) is 17.4 Å². The highest BCUT2D eigenvalue weighted by molar-refractivity contribution is 5.87. The summed E-state index contributed by atoms with van der Waals surface area (Å²) in [4.78, 5) is 11.1. The molecule has 0 saturated carbocycles. The lowest BCUT2D eigenvalue weighted by Gasteiger charge is -1.96. The number of rotatable bonds is 2. The molecule has 18 heavy (non-hydrogen) atoms. The zero-order chi connectivity index (χ0) is 12.7. The molecule has 4 nitrogen and oxygen atoms in total. The fourth-order valence-corrected chi connectivity index (χ4v) is 2.35. The van der Waals surface area contributed by atoms with Gasteiger partial charge in [-0.05, 0) is 25.5 Å². The maximum Gasteiger partial charge on any atom is 0.109 e. The van der Waals surface area contributed by atoms with Gasteiger partial charge in [-0.3, -0.25) is 0 Å². The predicted molar refractivity (Wildman–Crippen MR) is 73.2 cm³/mol. The highest BCUT2D eigenvalue weighted by atomic mass is 15.0. The molecule has 0 aliphatic carbocycles. The summed E-state index contributed by atoms with van der Waals surface area (Å²) in [5.74, 6) is 0.890. The van der Waals surface area contributed by atoms with Crippen LogP contribution in [0.4, 0.5) is 0 Å². The van der Waals surface area contributed by atoms with Gasteiger partial charge in [0.05, 0.1) is 11.4 Å². The van der Waals surface area contributed by atoms with E-state index in [9.17, 15) is 0 Å². The van der Waals surface area contributed by atoms with E-state index >= 15 is 0 Å². The van der Waals surface area contributed by atoms with Crippen molar-refractivity contribution in [2.45, 2.75) is 20.4 Å². The largest absolute Gasteiger partial charge is 0.353 e. The summed E-state index contributed by atoms with van der Waals surface area (Å²) in [7, 11) is 0. The van der Waals surface area contributed by atoms with E-state index in [0.717, 1.165) is 28.4 Å². The number of aryl methyl sites for hydroxylation is 2. The molecule has 0 saturated heterocycles. The molecule has 0 aliphatic rings. The van der Waals surface area contributed by atoms with Crippen LogP contribution in [0, 0.1) is 13.8 Å². The Morgan fingerprint density at radius 3 is 2.78 bits per heavy atom. The predicted octanol–water partition coefficient (Wildman–Crippen LogP) is 2.63. The third-order valence-electron chi connectivity index (χ3n) is 3.22. The Hall–Kier alpha value is -2.07. The SMILES string of the molecule is Cc1nc(-c2cc3cccc(C)c3[nH]2)c(CN)[nH]1. The van der Waals surface area contributed by atoms with Gasteiger partial charge in [0.2, 0.25) is 0 Å². The van der Waals surface area contributed by atoms with Crippen LogP contribution in [0.3, 0.4) is 0 Å². The van der Waals surface area contributed by atoms with Crippen LogP contribution in [-0.2, 0) is 6.54 Å². The maximum absolute atomic E-state index is 5.74. The third kappa shape index (κ3) is 1.62. The van der Waals surface area contributed by atoms with Gasteiger partial charge in [-0.2, -0.15) is 0 Å². The van der Waals surface area contributed by atoms with Gasteiger partial charge in [0.15, 0.2) is 0 Å². The van der Waals surface area contributed by atoms with Crippen LogP contribution in [0.1, 0.15) is 17.1 Å². The molecule has 0 aliphatic heterocycles. The summed E-state index contributed by atoms with van der Waals surface area (Å²) in [5, 5.41) is 1.20. The highest BCUT2D eigenvalue weighted by Crippen LogP contribution is 2.26. The molecular formula is C14H16N4. The van der Waals surface area contributed by atoms with Gasteiger partial charge in [-0.1, -0.05) is 18.2 Å². The van der Waals surface area contributed by atoms with Crippen LogP contribution in [0.5, 0.6) is 0 Å². The first-order valence-corrected chi connectivity index (χ1v) is 6.03. The molecule has 0 atom stereocenters. The molecular weight excluding hydrogens is 224 g/mol. The number of aromatic nitrogens is 3. The van der Waals surface area contributed by atoms with Crippen molar-refractivity contribution in [3.8, 4) is 11.4 Å². The summed E-state index contributed by atoms with van der Waals surface area (Å²) >= 11 is 0. The monoisotopic (exact) mass is 240 g/mol. The first-order valence-electron chi connectivity index (χ1n) is 6.03. The molecule has 4 heteroatoms. The van der Waals surface area contributed by atoms with Gasteiger partial charge < -0.3 is 15.7 Å². The minimum atomic E-state index is 0.463. The van der Waals surface area contributed by atoms with Crippen molar-refractivity contribution in [3.05, 3.63) is 41.3 Å². The Morgan fingerprint density at radius 1 is 1.22 bits per heavy atom. The molecule has 0 radical (unpaired) electrons. The molecule has 0 spiro atoms. The van der Waals surface area contributed by atoms with E-state index in [4.69, 9.17) is 5.73 Å². The van der Waals surface area contributed by atoms with Crippen LogP contribution in [0.25, 0.3) is 22.3 Å². The topological polar surface area (TPSA) is 70.5 Å². The lowest BCUT2D eigenvalue weighted by atomic mass is 10.1. The number of nitrogens with two attached hydrogens (primary N) is 1. The van der Waals surface area contributed by atoms with E-state index in [-0.39, 0.29) is 0 Å². The molecule has 0 fully saturated rings. The van der Waals surface area contributed by atoms with Crippen molar-refractivity contribution in [1.82, 2.24) is 15.0 Å². The Morgan fingerprint density at radius 2 is 2.06 bits per heavy atom. The van der Waals surface area contributed by atoms with E-state index < -0.39 is 0 Å². The van der Waals surface area contributed by atoms with Crippen molar-refractivity contribution in [2.24, 2.45) is 5.73 Å². The fraction of sp³-hybridized carbons (Fsp3) is 0.214. The van der Waals surface area contributed by atoms with Crippen LogP contribution in [0.2, 0.25) is 0 Å². The zero-order valence-corrected chi connectivity index (χ0v) is 10.5. The summed E-state index contributed by atoms with van der Waals surface area (Å²) in [5.41, 5.74) is 11.0. The second-order valence-electron chi connectivity index (χ2n) is 4.58. The van der Waals surface area contributed by atoms with E-state index in [1.165, 1.54) is 10.9 Å². The number of para-hydroxylation sites is 1. The molecule has 0 bridgehead atoms. The van der Waals surface area contributed by atoms with Crippen molar-refractivity contribution in [3.63, 3.8) is 0 Å². The minimum absolute atomic E-state index is 0.463. The number of hydrogen-bond acceptors (Lipinski definition) is 2. The molecule has 2 aromatic heterocycles. The number of nitrogens with zero attached hydrogens (tertiary/aromatic N) is 1. The average molecular weight is 240 g/mol. The van der Waals surface area contributed by atoms with E-state index in [2.05, 4.69) is 46.1 Å². The van der Waals surface area contributed by atoms with Crippen molar-refractivity contribution < 1.29 is 0 Å². The third-order valence-corrected chi connectivity index (χ3v) is 3.22. The Balaban J connectivity index is 2.22. The fourth-order valence-electron chi connectivity index (χ4n) is 2.35. The Labute approximate surface area is 105 Å². The Bertz CT molecular complexity index is 706. The minimum Gasteiger partial charge on any atom is -0.353 e. The van der Waals surface area contributed by atoms with Crippen LogP contribution >= 0.6 is 0 Å². The molecule has 2 heterocycles. The number of imidazole rings is 1. The summed E-state index contributed by atoms with van der Waals surface area (Å²) in [6.45, 7) is 4.50. The lowest BCUT2D eigenvalue weighted by molar-refractivity contribution is 0.998. The number of hydrogen-bond donors (Lipinski definition) is 3. The van der Waals surface area contributed by atoms with Gasteiger partial charge in [0.25, 0.3) is 0 Å². The lowest BCUT2D eigenvalue weighted by Crippen LogP contribution is -1.98. The molecule has 0 unspecified atom stereocenters. The van der Waals surface area contributed by atoms with Crippen molar-refractivity contribution >= 4 is 10.9 Å². The highest BCUT2D eigenvalue weighted by Gasteiger charge is 2.12. The number of H-pyrrole nitrogens is 2. The maximum atomic E-state index is 5.74. The normalized spacial score (nSPS) is 11.3. The first-order chi connectivity index (χ1) is 8.69. The molecule has 3 rings (SSSR count). The molecule has 4 N–H and O–H groups in total. The van der Waals surface area contributed by atoms with Gasteiger partial charge >= 0.3 is 0 Å². The van der Waals surface area contributed by atoms with Crippen LogP contribution < -0.4 is 5.73 Å². The number of fused-ring (bicyclic) bond motifs is 1. The first kappa shape index (κ1) is 11.0. The van der Waals surface area contributed by atoms with Crippen LogP contribution in [-0.4, -0.2) is 15.0 Å². The van der Waals surface area contributed by atoms with Gasteiger partial charge in [-0.25, -0.2) is 4.98 Å². The average Bonchev–Trinajstić information content (AvgIpc) is 2.92. The second kappa shape index (κ2) is 3.99. The number of nitrogens with one attached hydrogen (secondary N) is 2. The summed E-state index contributed by atoms with van der Waals surface area (Å²) in [6.07, 6.45) is 0. The van der Waals surface area contributed by atoms with Gasteiger partial charge in [0.1, 0.15) is 11.5 Å². The molecule has 1 aromatic carbocycles. The molecule has 0 amide bonds. The number of aromatic amines is 2. The van der Waals surface area contributed by atoms with E-state index in [1.54, 1.807) is 0 Å². The molecule has 92 valence electrons. The summed E-state index contributed by atoms with van der Waals surface area (Å²) < 4.78 is 0. The Kier molecular flexibility index (Phi) is 2.45. The standard InChI is InChI=1S/C14H16N4/c1-8-4-3-5-10-6-11(18-13(8)10)14-12(7-15)16-9(2)17-14/h3-6,18H,7,15H2,1-2H3,(H,16,17). The van der Waals surface area contributed by atoms with Crippen LogP contribution in [0.15, 0.2) is 24.3 Å². The van der Waals surface area contributed by atoms with Gasteiger partial charge in [-0.15, -0.1) is 0 Å². The van der Waals surface area contributed by atoms with E-state index in [0.29, 0.717) is 6.54 Å². The van der Waals surface area contributed by atoms with E-state index in [1.807, 2.05) is 6.92 Å². The summed E-state index contributed by atoms with van der Waals surface area (Å²) in [6, 6.07) is 8.39. The smallest absolute Gasteiger partial charge is 0.109 e. The number of benzene rings is 1. The second-order valence-corrected chi connectivity index (χ2v) is 4.58. The molecule has 3 aromatic rings. The van der Waals surface area contributed by atoms with Crippen molar-refractivity contribution in [2.75, 3.05) is 0 Å². The quantitative estimate of drug-likeness (QED) is 0.644. The zero-order valence-electron chi connectivity index (χ0n) is 10.5.